The first-order chi connectivity index (χ1) is 8.74. The van der Waals surface area contributed by atoms with Crippen molar-refractivity contribution in [3.8, 4) is 5.75 Å². The lowest BCUT2D eigenvalue weighted by Gasteiger charge is -2.06. The Bertz CT molecular complexity index is 529. The first-order valence-corrected chi connectivity index (χ1v) is 5.50. The van der Waals surface area contributed by atoms with Crippen LogP contribution in [0.2, 0.25) is 0 Å². The molecule has 92 valence electrons. The van der Waals surface area contributed by atoms with E-state index in [9.17, 15) is 4.79 Å². The van der Waals surface area contributed by atoms with E-state index in [0.29, 0.717) is 11.6 Å². The van der Waals surface area contributed by atoms with Crippen LogP contribution in [0.5, 0.6) is 5.75 Å². The second kappa shape index (κ2) is 5.77. The smallest absolute Gasteiger partial charge is 0.263 e. The summed E-state index contributed by atoms with van der Waals surface area (Å²) in [6.45, 7) is 1.79. The highest BCUT2D eigenvalue weighted by atomic mass is 16.5. The van der Waals surface area contributed by atoms with Gasteiger partial charge in [-0.1, -0.05) is 6.07 Å². The zero-order valence-electron chi connectivity index (χ0n) is 9.96. The lowest BCUT2D eigenvalue weighted by molar-refractivity contribution is -0.118. The summed E-state index contributed by atoms with van der Waals surface area (Å²) in [5.41, 5.74) is 0.848. The van der Waals surface area contributed by atoms with Gasteiger partial charge in [-0.3, -0.25) is 9.78 Å². The molecule has 0 atom stereocenters. The fourth-order valence-corrected chi connectivity index (χ4v) is 1.37. The quantitative estimate of drug-likeness (QED) is 0.889. The predicted octanol–water partition coefficient (Wildman–Crippen LogP) is 1.80. The Hall–Kier alpha value is -2.43. The van der Waals surface area contributed by atoms with Gasteiger partial charge in [0.15, 0.2) is 6.61 Å². The van der Waals surface area contributed by atoms with Gasteiger partial charge in [-0.25, -0.2) is 4.98 Å². The summed E-state index contributed by atoms with van der Waals surface area (Å²) < 4.78 is 5.27. The van der Waals surface area contributed by atoms with Crippen molar-refractivity contribution in [1.82, 2.24) is 9.97 Å². The van der Waals surface area contributed by atoms with Gasteiger partial charge in [-0.15, -0.1) is 0 Å². The van der Waals surface area contributed by atoms with Crippen LogP contribution in [0.4, 0.5) is 5.82 Å². The Morgan fingerprint density at radius 3 is 2.94 bits per heavy atom. The third-order valence-electron chi connectivity index (χ3n) is 2.16. The maximum Gasteiger partial charge on any atom is 0.263 e. The van der Waals surface area contributed by atoms with Crippen molar-refractivity contribution in [2.24, 2.45) is 0 Å². The molecule has 0 aliphatic carbocycles. The molecule has 2 rings (SSSR count). The zero-order valence-corrected chi connectivity index (χ0v) is 9.96. The van der Waals surface area contributed by atoms with E-state index in [2.05, 4.69) is 15.3 Å². The number of aryl methyl sites for hydroxylation is 1. The summed E-state index contributed by atoms with van der Waals surface area (Å²) in [7, 11) is 0. The molecular weight excluding hydrogens is 230 g/mol. The highest BCUT2D eigenvalue weighted by molar-refractivity contribution is 5.90. The van der Waals surface area contributed by atoms with Gasteiger partial charge in [0.1, 0.15) is 11.6 Å². The molecule has 2 aromatic rings. The molecule has 2 aromatic heterocycles. The van der Waals surface area contributed by atoms with Gasteiger partial charge in [0.05, 0.1) is 6.20 Å². The summed E-state index contributed by atoms with van der Waals surface area (Å²) in [4.78, 5) is 19.7. The third kappa shape index (κ3) is 3.55. The van der Waals surface area contributed by atoms with Crippen molar-refractivity contribution >= 4 is 11.7 Å². The largest absolute Gasteiger partial charge is 0.482 e. The summed E-state index contributed by atoms with van der Waals surface area (Å²) in [6.07, 6.45) is 3.20. The van der Waals surface area contributed by atoms with E-state index < -0.39 is 0 Å². The van der Waals surface area contributed by atoms with Crippen LogP contribution in [0, 0.1) is 6.92 Å². The highest BCUT2D eigenvalue weighted by Gasteiger charge is 2.04. The maximum absolute atomic E-state index is 11.6. The molecule has 5 heteroatoms. The van der Waals surface area contributed by atoms with Crippen LogP contribution in [0.25, 0.3) is 0 Å². The van der Waals surface area contributed by atoms with Crippen LogP contribution in [-0.4, -0.2) is 22.5 Å². The summed E-state index contributed by atoms with van der Waals surface area (Å²) in [5, 5.41) is 2.66. The average molecular weight is 243 g/mol. The number of pyridine rings is 2. The lowest BCUT2D eigenvalue weighted by atomic mass is 10.4. The minimum Gasteiger partial charge on any atom is -0.482 e. The molecule has 0 radical (unpaired) electrons. The fourth-order valence-electron chi connectivity index (χ4n) is 1.37. The standard InChI is InChI=1S/C13H13N3O2/c1-10-4-2-6-12(15-10)16-13(17)9-18-11-5-3-7-14-8-11/h2-8H,9H2,1H3,(H,15,16,17). The molecule has 2 heterocycles. The van der Waals surface area contributed by atoms with Crippen LogP contribution >= 0.6 is 0 Å². The average Bonchev–Trinajstić information content (AvgIpc) is 2.38. The van der Waals surface area contributed by atoms with Crippen molar-refractivity contribution < 1.29 is 9.53 Å². The van der Waals surface area contributed by atoms with Gasteiger partial charge >= 0.3 is 0 Å². The maximum atomic E-state index is 11.6. The number of hydrogen-bond acceptors (Lipinski definition) is 4. The van der Waals surface area contributed by atoms with Crippen molar-refractivity contribution in [1.29, 1.82) is 0 Å². The molecular formula is C13H13N3O2. The number of hydrogen-bond donors (Lipinski definition) is 1. The number of rotatable bonds is 4. The van der Waals surface area contributed by atoms with Gasteiger partial charge < -0.3 is 10.1 Å². The topological polar surface area (TPSA) is 64.1 Å². The van der Waals surface area contributed by atoms with Crippen LogP contribution in [0.1, 0.15) is 5.69 Å². The van der Waals surface area contributed by atoms with Crippen LogP contribution in [0.15, 0.2) is 42.7 Å². The second-order valence-electron chi connectivity index (χ2n) is 3.69. The van der Waals surface area contributed by atoms with Gasteiger partial charge in [0, 0.05) is 11.9 Å². The highest BCUT2D eigenvalue weighted by Crippen LogP contribution is 2.07. The van der Waals surface area contributed by atoms with Gasteiger partial charge in [0.2, 0.25) is 0 Å². The summed E-state index contributed by atoms with van der Waals surface area (Å²) in [5.74, 6) is 0.830. The van der Waals surface area contributed by atoms with Gasteiger partial charge in [-0.05, 0) is 31.2 Å². The molecule has 5 nitrogen and oxygen atoms in total. The summed E-state index contributed by atoms with van der Waals surface area (Å²) >= 11 is 0. The van der Waals surface area contributed by atoms with Crippen LogP contribution < -0.4 is 10.1 Å². The Kier molecular flexibility index (Phi) is 3.86. The van der Waals surface area contributed by atoms with E-state index >= 15 is 0 Å². The molecule has 0 bridgehead atoms. The number of ether oxygens (including phenoxy) is 1. The summed E-state index contributed by atoms with van der Waals surface area (Å²) in [6, 6.07) is 8.91. The SMILES string of the molecule is Cc1cccc(NC(=O)COc2cccnc2)n1. The van der Waals surface area contributed by atoms with Gasteiger partial charge in [-0.2, -0.15) is 0 Å². The predicted molar refractivity (Wildman–Crippen MR) is 67.3 cm³/mol. The molecule has 0 aromatic carbocycles. The van der Waals surface area contributed by atoms with E-state index in [4.69, 9.17) is 4.74 Å². The minimum absolute atomic E-state index is 0.0681. The number of carbonyl (C=O) groups is 1. The molecule has 1 N–H and O–H groups in total. The number of nitrogens with one attached hydrogen (secondary N) is 1. The third-order valence-corrected chi connectivity index (χ3v) is 2.16. The van der Waals surface area contributed by atoms with Crippen molar-refractivity contribution in [2.45, 2.75) is 6.92 Å². The number of anilines is 1. The Morgan fingerprint density at radius 1 is 1.33 bits per heavy atom. The van der Waals surface area contributed by atoms with E-state index in [1.165, 1.54) is 0 Å². The normalized spacial score (nSPS) is 9.83. The molecule has 18 heavy (non-hydrogen) atoms. The Labute approximate surface area is 105 Å². The molecule has 0 spiro atoms. The number of amides is 1. The lowest BCUT2D eigenvalue weighted by Crippen LogP contribution is -2.20. The number of carbonyl (C=O) groups excluding carboxylic acids is 1. The molecule has 0 saturated heterocycles. The van der Waals surface area contributed by atoms with Crippen LogP contribution in [-0.2, 0) is 4.79 Å². The van der Waals surface area contributed by atoms with Gasteiger partial charge in [0.25, 0.3) is 5.91 Å². The van der Waals surface area contributed by atoms with Crippen molar-refractivity contribution in [3.05, 3.63) is 48.4 Å². The van der Waals surface area contributed by atoms with Crippen molar-refractivity contribution in [2.75, 3.05) is 11.9 Å². The first-order valence-electron chi connectivity index (χ1n) is 5.50. The zero-order chi connectivity index (χ0) is 12.8. The van der Waals surface area contributed by atoms with E-state index in [0.717, 1.165) is 5.69 Å². The van der Waals surface area contributed by atoms with E-state index in [1.807, 2.05) is 19.1 Å². The number of aromatic nitrogens is 2. The van der Waals surface area contributed by atoms with Crippen LogP contribution in [0.3, 0.4) is 0 Å². The molecule has 0 saturated carbocycles. The monoisotopic (exact) mass is 243 g/mol. The van der Waals surface area contributed by atoms with Crippen molar-refractivity contribution in [3.63, 3.8) is 0 Å². The molecule has 0 unspecified atom stereocenters. The Morgan fingerprint density at radius 2 is 2.22 bits per heavy atom. The Balaban J connectivity index is 1.86. The molecule has 0 aliphatic rings. The molecule has 1 amide bonds. The number of nitrogens with zero attached hydrogens (tertiary/aromatic N) is 2. The fraction of sp³-hybridized carbons (Fsp3) is 0.154. The minimum atomic E-state index is -0.253. The second-order valence-corrected chi connectivity index (χ2v) is 3.69. The first kappa shape index (κ1) is 12.0. The van der Waals surface area contributed by atoms with E-state index in [1.54, 1.807) is 30.6 Å². The molecule has 0 aliphatic heterocycles. The van der Waals surface area contributed by atoms with E-state index in [-0.39, 0.29) is 12.5 Å². The molecule has 0 fully saturated rings.